The van der Waals surface area contributed by atoms with Crippen LogP contribution < -0.4 is 0 Å². The van der Waals surface area contributed by atoms with E-state index in [9.17, 15) is 5.26 Å². The highest BCUT2D eigenvalue weighted by molar-refractivity contribution is 9.10. The third kappa shape index (κ3) is 2.34. The zero-order valence-electron chi connectivity index (χ0n) is 10.3. The van der Waals surface area contributed by atoms with Gasteiger partial charge in [0.2, 0.25) is 0 Å². The van der Waals surface area contributed by atoms with Crippen molar-refractivity contribution in [3.05, 3.63) is 51.7 Å². The van der Waals surface area contributed by atoms with Gasteiger partial charge in [-0.3, -0.25) is 0 Å². The summed E-state index contributed by atoms with van der Waals surface area (Å²) >= 11 is 3.47. The number of benzene rings is 1. The van der Waals surface area contributed by atoms with Crippen LogP contribution in [0.3, 0.4) is 0 Å². The van der Waals surface area contributed by atoms with Crippen molar-refractivity contribution in [3.8, 4) is 6.07 Å². The van der Waals surface area contributed by atoms with E-state index < -0.39 is 0 Å². The van der Waals surface area contributed by atoms with Gasteiger partial charge in [-0.2, -0.15) is 5.26 Å². The average molecular weight is 304 g/mol. The molecule has 0 aliphatic heterocycles. The summed E-state index contributed by atoms with van der Waals surface area (Å²) < 4.78 is 6.44. The standard InChI is InChI=1S/C15H14BrNO/c1-3-18-10(2)15(9-17)14-6-4-11-8-12(16)5-7-13(11)14/h5,7-8H,2-4,6H2,1H3. The summed E-state index contributed by atoms with van der Waals surface area (Å²) in [5.74, 6) is 0.478. The first-order valence-corrected chi connectivity index (χ1v) is 6.70. The Morgan fingerprint density at radius 1 is 1.50 bits per heavy atom. The molecule has 0 spiro atoms. The summed E-state index contributed by atoms with van der Waals surface area (Å²) in [6.45, 7) is 6.26. The number of hydrogen-bond donors (Lipinski definition) is 0. The van der Waals surface area contributed by atoms with E-state index >= 15 is 0 Å². The lowest BCUT2D eigenvalue weighted by atomic mass is 10.0. The van der Waals surface area contributed by atoms with Crippen molar-refractivity contribution in [2.75, 3.05) is 6.61 Å². The maximum atomic E-state index is 9.31. The predicted octanol–water partition coefficient (Wildman–Crippen LogP) is 4.22. The highest BCUT2D eigenvalue weighted by atomic mass is 79.9. The zero-order valence-corrected chi connectivity index (χ0v) is 11.9. The molecule has 1 aromatic rings. The Kier molecular flexibility index (Phi) is 3.88. The van der Waals surface area contributed by atoms with Gasteiger partial charge < -0.3 is 4.74 Å². The Balaban J connectivity index is 2.48. The van der Waals surface area contributed by atoms with E-state index in [-0.39, 0.29) is 0 Å². The fraction of sp³-hybridized carbons (Fsp3) is 0.267. The van der Waals surface area contributed by atoms with Gasteiger partial charge in [-0.1, -0.05) is 28.6 Å². The van der Waals surface area contributed by atoms with E-state index in [4.69, 9.17) is 4.74 Å². The van der Waals surface area contributed by atoms with Crippen molar-refractivity contribution in [2.45, 2.75) is 19.8 Å². The molecule has 0 saturated carbocycles. The Labute approximate surface area is 116 Å². The van der Waals surface area contributed by atoms with Crippen LogP contribution in [0.15, 0.2) is 40.6 Å². The van der Waals surface area contributed by atoms with E-state index in [2.05, 4.69) is 40.7 Å². The van der Waals surface area contributed by atoms with Gasteiger partial charge in [0.1, 0.15) is 11.8 Å². The van der Waals surface area contributed by atoms with Gasteiger partial charge in [-0.25, -0.2) is 0 Å². The summed E-state index contributed by atoms with van der Waals surface area (Å²) in [4.78, 5) is 0. The fourth-order valence-electron chi connectivity index (χ4n) is 2.26. The molecule has 0 radical (unpaired) electrons. The van der Waals surface area contributed by atoms with Gasteiger partial charge in [0.05, 0.1) is 12.2 Å². The molecule has 0 N–H and O–H groups in total. The van der Waals surface area contributed by atoms with Crippen molar-refractivity contribution in [1.82, 2.24) is 0 Å². The van der Waals surface area contributed by atoms with Crippen molar-refractivity contribution in [1.29, 1.82) is 5.26 Å². The molecule has 1 aliphatic rings. The number of nitrogens with zero attached hydrogens (tertiary/aromatic N) is 1. The number of halogens is 1. The van der Waals surface area contributed by atoms with Crippen LogP contribution in [0.25, 0.3) is 5.57 Å². The number of nitriles is 1. The van der Waals surface area contributed by atoms with Crippen LogP contribution in [0.1, 0.15) is 24.5 Å². The lowest BCUT2D eigenvalue weighted by Crippen LogP contribution is -1.96. The van der Waals surface area contributed by atoms with Crippen LogP contribution in [0.5, 0.6) is 0 Å². The minimum Gasteiger partial charge on any atom is -0.493 e. The minimum atomic E-state index is 0.478. The summed E-state index contributed by atoms with van der Waals surface area (Å²) in [6.07, 6.45) is 1.84. The number of rotatable bonds is 3. The van der Waals surface area contributed by atoms with Crippen LogP contribution in [0, 0.1) is 11.3 Å². The minimum absolute atomic E-state index is 0.478. The van der Waals surface area contributed by atoms with Crippen molar-refractivity contribution < 1.29 is 4.74 Å². The second-order valence-corrected chi connectivity index (χ2v) is 5.04. The molecular weight excluding hydrogens is 290 g/mol. The first-order valence-electron chi connectivity index (χ1n) is 5.91. The number of allylic oxidation sites excluding steroid dienone is 2. The van der Waals surface area contributed by atoms with Gasteiger partial charge >= 0.3 is 0 Å². The van der Waals surface area contributed by atoms with E-state index in [1.165, 1.54) is 5.56 Å². The Morgan fingerprint density at radius 2 is 2.28 bits per heavy atom. The molecule has 1 aromatic carbocycles. The second-order valence-electron chi connectivity index (χ2n) is 4.12. The van der Waals surface area contributed by atoms with Crippen molar-refractivity contribution in [2.24, 2.45) is 0 Å². The molecule has 92 valence electrons. The summed E-state index contributed by atoms with van der Waals surface area (Å²) in [5, 5.41) is 9.31. The van der Waals surface area contributed by atoms with E-state index in [1.807, 2.05) is 13.0 Å². The van der Waals surface area contributed by atoms with Crippen molar-refractivity contribution >= 4 is 21.5 Å². The molecule has 0 aromatic heterocycles. The Hall–Kier alpha value is -1.53. The van der Waals surface area contributed by atoms with Gasteiger partial charge in [-0.15, -0.1) is 0 Å². The zero-order chi connectivity index (χ0) is 13.1. The molecule has 0 saturated heterocycles. The van der Waals surface area contributed by atoms with Crippen LogP contribution >= 0.6 is 15.9 Å². The smallest absolute Gasteiger partial charge is 0.130 e. The molecule has 2 rings (SSSR count). The molecule has 0 heterocycles. The highest BCUT2D eigenvalue weighted by Gasteiger charge is 2.21. The van der Waals surface area contributed by atoms with Gasteiger partial charge in [0, 0.05) is 4.47 Å². The first kappa shape index (κ1) is 12.9. The number of hydrogen-bond acceptors (Lipinski definition) is 2. The number of aryl methyl sites for hydroxylation is 1. The molecule has 2 nitrogen and oxygen atoms in total. The highest BCUT2D eigenvalue weighted by Crippen LogP contribution is 2.37. The fourth-order valence-corrected chi connectivity index (χ4v) is 2.67. The van der Waals surface area contributed by atoms with Crippen molar-refractivity contribution in [3.63, 3.8) is 0 Å². The van der Waals surface area contributed by atoms with Gasteiger partial charge in [-0.05, 0) is 48.6 Å². The van der Waals surface area contributed by atoms with E-state index in [1.54, 1.807) is 0 Å². The predicted molar refractivity (Wildman–Crippen MR) is 75.8 cm³/mol. The molecule has 3 heteroatoms. The van der Waals surface area contributed by atoms with Gasteiger partial charge in [0.15, 0.2) is 0 Å². The monoisotopic (exact) mass is 303 g/mol. The molecule has 0 amide bonds. The summed E-state index contributed by atoms with van der Waals surface area (Å²) in [6, 6.07) is 8.40. The molecule has 0 bridgehead atoms. The largest absolute Gasteiger partial charge is 0.493 e. The van der Waals surface area contributed by atoms with Crippen LogP contribution in [0.4, 0.5) is 0 Å². The molecular formula is C15H14BrNO. The molecule has 0 atom stereocenters. The molecule has 1 aliphatic carbocycles. The van der Waals surface area contributed by atoms with Crippen LogP contribution in [0.2, 0.25) is 0 Å². The Bertz CT molecular complexity index is 566. The van der Waals surface area contributed by atoms with E-state index in [0.29, 0.717) is 17.9 Å². The topological polar surface area (TPSA) is 33.0 Å². The molecule has 0 fully saturated rings. The SMILES string of the molecule is C=C(OCC)C(C#N)=C1CCc2cc(Br)ccc21. The maximum Gasteiger partial charge on any atom is 0.130 e. The molecule has 18 heavy (non-hydrogen) atoms. The van der Waals surface area contributed by atoms with E-state index in [0.717, 1.165) is 28.5 Å². The number of ether oxygens (including phenoxy) is 1. The normalized spacial score (nSPS) is 15.8. The third-order valence-corrected chi connectivity index (χ3v) is 3.54. The lowest BCUT2D eigenvalue weighted by Gasteiger charge is -2.09. The number of fused-ring (bicyclic) bond motifs is 1. The summed E-state index contributed by atoms with van der Waals surface area (Å²) in [5.41, 5.74) is 4.06. The maximum absolute atomic E-state index is 9.31. The lowest BCUT2D eigenvalue weighted by molar-refractivity contribution is 0.241. The average Bonchev–Trinajstić information content (AvgIpc) is 2.73. The van der Waals surface area contributed by atoms with Crippen LogP contribution in [-0.2, 0) is 11.2 Å². The quantitative estimate of drug-likeness (QED) is 0.618. The Morgan fingerprint density at radius 3 is 2.94 bits per heavy atom. The van der Waals surface area contributed by atoms with Gasteiger partial charge in [0.25, 0.3) is 0 Å². The third-order valence-electron chi connectivity index (χ3n) is 3.05. The molecule has 0 unspecified atom stereocenters. The first-order chi connectivity index (χ1) is 8.67. The van der Waals surface area contributed by atoms with Crippen LogP contribution in [-0.4, -0.2) is 6.61 Å². The summed E-state index contributed by atoms with van der Waals surface area (Å²) in [7, 11) is 0. The second kappa shape index (κ2) is 5.41.